The van der Waals surface area contributed by atoms with Crippen LogP contribution >= 0.6 is 11.8 Å². The molecule has 0 spiro atoms. The van der Waals surface area contributed by atoms with Gasteiger partial charge >= 0.3 is 0 Å². The van der Waals surface area contributed by atoms with Crippen molar-refractivity contribution in [3.63, 3.8) is 0 Å². The van der Waals surface area contributed by atoms with Gasteiger partial charge in [-0.2, -0.15) is 11.8 Å². The predicted molar refractivity (Wildman–Crippen MR) is 85.8 cm³/mol. The van der Waals surface area contributed by atoms with Crippen LogP contribution in [0.3, 0.4) is 0 Å². The van der Waals surface area contributed by atoms with Crippen LogP contribution in [0.5, 0.6) is 11.5 Å². The lowest BCUT2D eigenvalue weighted by atomic mass is 10.1. The highest BCUT2D eigenvalue weighted by Gasteiger charge is 2.20. The van der Waals surface area contributed by atoms with Crippen LogP contribution < -0.4 is 14.8 Å². The van der Waals surface area contributed by atoms with E-state index in [4.69, 9.17) is 9.47 Å². The molecule has 2 rings (SSSR count). The highest BCUT2D eigenvalue weighted by atomic mass is 32.2. The molecular formula is C16H25NO2S. The third kappa shape index (κ3) is 4.32. The summed E-state index contributed by atoms with van der Waals surface area (Å²) in [6.07, 6.45) is 1.14. The molecule has 0 fully saturated rings. The molecule has 112 valence electrons. The van der Waals surface area contributed by atoms with Gasteiger partial charge in [-0.05, 0) is 30.7 Å². The Balaban J connectivity index is 2.09. The van der Waals surface area contributed by atoms with Crippen LogP contribution in [0.1, 0.15) is 45.7 Å². The van der Waals surface area contributed by atoms with Crippen molar-refractivity contribution in [2.75, 3.05) is 19.1 Å². The number of rotatable bonds is 6. The lowest BCUT2D eigenvalue weighted by Crippen LogP contribution is -2.26. The number of benzene rings is 1. The molecule has 1 N–H and O–H groups in total. The quantitative estimate of drug-likeness (QED) is 0.859. The Morgan fingerprint density at radius 1 is 1.25 bits per heavy atom. The van der Waals surface area contributed by atoms with Gasteiger partial charge in [-0.3, -0.25) is 0 Å². The van der Waals surface area contributed by atoms with E-state index in [1.165, 1.54) is 5.56 Å². The first-order valence-corrected chi connectivity index (χ1v) is 8.25. The summed E-state index contributed by atoms with van der Waals surface area (Å²) in [5, 5.41) is 3.63. The molecular weight excluding hydrogens is 270 g/mol. The minimum absolute atomic E-state index is 0.280. The Morgan fingerprint density at radius 3 is 2.70 bits per heavy atom. The van der Waals surface area contributed by atoms with Crippen LogP contribution in [0.25, 0.3) is 0 Å². The summed E-state index contributed by atoms with van der Waals surface area (Å²) in [5.74, 6) is 2.78. The lowest BCUT2D eigenvalue weighted by molar-refractivity contribution is 0.174. The van der Waals surface area contributed by atoms with E-state index in [0.29, 0.717) is 12.8 Å². The maximum absolute atomic E-state index is 5.48. The molecule has 1 atom stereocenters. The molecule has 0 aliphatic carbocycles. The van der Waals surface area contributed by atoms with Crippen molar-refractivity contribution in [1.82, 2.24) is 5.32 Å². The van der Waals surface area contributed by atoms with Gasteiger partial charge in [0.15, 0.2) is 11.5 Å². The Hall–Kier alpha value is -0.870. The number of fused-ring (bicyclic) bond motifs is 1. The topological polar surface area (TPSA) is 30.5 Å². The van der Waals surface area contributed by atoms with Crippen LogP contribution in [0.2, 0.25) is 0 Å². The molecule has 1 aromatic carbocycles. The Kier molecular flexibility index (Phi) is 5.22. The SMILES string of the molecule is CCCNC(CSC(C)(C)C)c1ccc2c(c1)OCO2. The summed E-state index contributed by atoms with van der Waals surface area (Å²) in [7, 11) is 0. The van der Waals surface area contributed by atoms with E-state index >= 15 is 0 Å². The minimum atomic E-state index is 0.280. The van der Waals surface area contributed by atoms with Crippen LogP contribution in [0.15, 0.2) is 18.2 Å². The van der Waals surface area contributed by atoms with Crippen molar-refractivity contribution in [1.29, 1.82) is 0 Å². The van der Waals surface area contributed by atoms with Crippen LogP contribution in [-0.2, 0) is 0 Å². The van der Waals surface area contributed by atoms with Crippen molar-refractivity contribution in [3.05, 3.63) is 23.8 Å². The number of hydrogen-bond donors (Lipinski definition) is 1. The molecule has 1 aliphatic heterocycles. The van der Waals surface area contributed by atoms with Gasteiger partial charge in [0.2, 0.25) is 6.79 Å². The smallest absolute Gasteiger partial charge is 0.231 e. The van der Waals surface area contributed by atoms with Crippen LogP contribution in [0.4, 0.5) is 0 Å². The third-order valence-electron chi connectivity index (χ3n) is 3.12. The van der Waals surface area contributed by atoms with Crippen molar-refractivity contribution in [2.24, 2.45) is 0 Å². The predicted octanol–water partition coefficient (Wildman–Crippen LogP) is 3.99. The molecule has 0 radical (unpaired) electrons. The summed E-state index contributed by atoms with van der Waals surface area (Å²) in [4.78, 5) is 0. The first-order valence-electron chi connectivity index (χ1n) is 7.26. The highest BCUT2D eigenvalue weighted by molar-refractivity contribution is 8.00. The normalized spacial score (nSPS) is 15.4. The van der Waals surface area contributed by atoms with E-state index in [9.17, 15) is 0 Å². The van der Waals surface area contributed by atoms with Crippen LogP contribution in [-0.4, -0.2) is 23.8 Å². The summed E-state index contributed by atoms with van der Waals surface area (Å²) in [6, 6.07) is 6.62. The van der Waals surface area contributed by atoms with E-state index in [1.807, 2.05) is 17.8 Å². The minimum Gasteiger partial charge on any atom is -0.454 e. The maximum atomic E-state index is 5.48. The summed E-state index contributed by atoms with van der Waals surface area (Å²) in [5.41, 5.74) is 1.28. The van der Waals surface area contributed by atoms with E-state index in [1.54, 1.807) is 0 Å². The number of nitrogens with one attached hydrogen (secondary N) is 1. The first-order chi connectivity index (χ1) is 9.49. The van der Waals surface area contributed by atoms with Gasteiger partial charge < -0.3 is 14.8 Å². The van der Waals surface area contributed by atoms with E-state index in [0.717, 1.165) is 30.2 Å². The standard InChI is InChI=1S/C16H25NO2S/c1-5-8-17-13(10-20-16(2,3)4)12-6-7-14-15(9-12)19-11-18-14/h6-7,9,13,17H,5,8,10-11H2,1-4H3. The molecule has 1 unspecified atom stereocenters. The summed E-state index contributed by atoms with van der Waals surface area (Å²) < 4.78 is 11.1. The van der Waals surface area contributed by atoms with Crippen molar-refractivity contribution >= 4 is 11.8 Å². The van der Waals surface area contributed by atoms with Gasteiger partial charge in [0, 0.05) is 16.5 Å². The molecule has 0 amide bonds. The van der Waals surface area contributed by atoms with E-state index < -0.39 is 0 Å². The maximum Gasteiger partial charge on any atom is 0.231 e. The van der Waals surface area contributed by atoms with E-state index in [2.05, 4.69) is 45.1 Å². The molecule has 0 aromatic heterocycles. The largest absolute Gasteiger partial charge is 0.454 e. The average molecular weight is 295 g/mol. The molecule has 1 aliphatic rings. The molecule has 0 saturated heterocycles. The Bertz CT molecular complexity index is 443. The molecule has 20 heavy (non-hydrogen) atoms. The third-order valence-corrected chi connectivity index (χ3v) is 4.49. The van der Waals surface area contributed by atoms with Gasteiger partial charge in [0.25, 0.3) is 0 Å². The zero-order valence-electron chi connectivity index (χ0n) is 12.9. The molecule has 0 saturated carbocycles. The fourth-order valence-electron chi connectivity index (χ4n) is 2.05. The lowest BCUT2D eigenvalue weighted by Gasteiger charge is -2.24. The molecule has 1 aromatic rings. The Labute approximate surface area is 126 Å². The van der Waals surface area contributed by atoms with Crippen molar-refractivity contribution in [3.8, 4) is 11.5 Å². The second-order valence-electron chi connectivity index (χ2n) is 6.04. The summed E-state index contributed by atoms with van der Waals surface area (Å²) in [6.45, 7) is 10.3. The average Bonchev–Trinajstić information content (AvgIpc) is 2.85. The second kappa shape index (κ2) is 6.72. The molecule has 0 bridgehead atoms. The van der Waals surface area contributed by atoms with Crippen molar-refractivity contribution in [2.45, 2.75) is 44.9 Å². The fourth-order valence-corrected chi connectivity index (χ4v) is 3.03. The van der Waals surface area contributed by atoms with Gasteiger partial charge in [-0.15, -0.1) is 0 Å². The number of thioether (sulfide) groups is 1. The first kappa shape index (κ1) is 15.5. The molecule has 1 heterocycles. The molecule has 4 heteroatoms. The van der Waals surface area contributed by atoms with Crippen molar-refractivity contribution < 1.29 is 9.47 Å². The highest BCUT2D eigenvalue weighted by Crippen LogP contribution is 2.36. The van der Waals surface area contributed by atoms with Crippen LogP contribution in [0, 0.1) is 0 Å². The van der Waals surface area contributed by atoms with E-state index in [-0.39, 0.29) is 4.75 Å². The second-order valence-corrected chi connectivity index (χ2v) is 7.89. The fraction of sp³-hybridized carbons (Fsp3) is 0.625. The van der Waals surface area contributed by atoms with Gasteiger partial charge in [-0.1, -0.05) is 33.8 Å². The van der Waals surface area contributed by atoms with Gasteiger partial charge in [0.05, 0.1) is 0 Å². The summed E-state index contributed by atoms with van der Waals surface area (Å²) >= 11 is 1.99. The van der Waals surface area contributed by atoms with Gasteiger partial charge in [0.1, 0.15) is 0 Å². The zero-order chi connectivity index (χ0) is 14.6. The van der Waals surface area contributed by atoms with Gasteiger partial charge in [-0.25, -0.2) is 0 Å². The Morgan fingerprint density at radius 2 is 2.00 bits per heavy atom. The number of ether oxygens (including phenoxy) is 2. The molecule has 3 nitrogen and oxygen atoms in total. The monoisotopic (exact) mass is 295 g/mol. The number of hydrogen-bond acceptors (Lipinski definition) is 4. The zero-order valence-corrected chi connectivity index (χ0v) is 13.7.